The predicted molar refractivity (Wildman–Crippen MR) is 55.2 cm³/mol. The summed E-state index contributed by atoms with van der Waals surface area (Å²) in [5.41, 5.74) is 0. The Morgan fingerprint density at radius 1 is 1.43 bits per heavy atom. The van der Waals surface area contributed by atoms with E-state index in [0.29, 0.717) is 13.0 Å². The highest BCUT2D eigenvalue weighted by Crippen LogP contribution is 2.06. The number of hydrogen-bond acceptors (Lipinski definition) is 5. The first-order valence-corrected chi connectivity index (χ1v) is 5.84. The summed E-state index contributed by atoms with van der Waals surface area (Å²) in [5.74, 6) is -0.155. The number of esters is 2. The lowest BCUT2D eigenvalue weighted by atomic mass is 10.3. The van der Waals surface area contributed by atoms with Crippen LogP contribution >= 0.6 is 11.8 Å². The molecule has 4 nitrogen and oxygen atoms in total. The predicted octanol–water partition coefficient (Wildman–Crippen LogP) is 1.23. The van der Waals surface area contributed by atoms with Crippen molar-refractivity contribution in [3.05, 3.63) is 0 Å². The molecule has 0 radical (unpaired) electrons. The lowest BCUT2D eigenvalue weighted by Crippen LogP contribution is -2.29. The quantitative estimate of drug-likeness (QED) is 0.630. The molecule has 0 aromatic rings. The molecule has 0 aliphatic heterocycles. The minimum Gasteiger partial charge on any atom is -0.463 e. The van der Waals surface area contributed by atoms with Gasteiger partial charge in [0.15, 0.2) is 6.10 Å². The summed E-state index contributed by atoms with van der Waals surface area (Å²) in [4.78, 5) is 22.0. The summed E-state index contributed by atoms with van der Waals surface area (Å²) >= 11 is 1.59. The van der Waals surface area contributed by atoms with Crippen LogP contribution in [-0.2, 0) is 19.1 Å². The Morgan fingerprint density at radius 3 is 2.50 bits per heavy atom. The number of thioether (sulfide) groups is 1. The zero-order valence-corrected chi connectivity index (χ0v) is 9.56. The monoisotopic (exact) mass is 220 g/mol. The van der Waals surface area contributed by atoms with Crippen LogP contribution < -0.4 is 0 Å². The Balaban J connectivity index is 4.08. The van der Waals surface area contributed by atoms with Gasteiger partial charge in [0, 0.05) is 13.3 Å². The van der Waals surface area contributed by atoms with Crippen LogP contribution in [0.25, 0.3) is 0 Å². The second-order valence-corrected chi connectivity index (χ2v) is 3.62. The first-order valence-electron chi connectivity index (χ1n) is 4.44. The smallest absolute Gasteiger partial charge is 0.347 e. The summed E-state index contributed by atoms with van der Waals surface area (Å²) < 4.78 is 9.62. The summed E-state index contributed by atoms with van der Waals surface area (Å²) in [6.07, 6.45) is 1.68. The largest absolute Gasteiger partial charge is 0.463 e. The fraction of sp³-hybridized carbons (Fsp3) is 0.778. The molecule has 14 heavy (non-hydrogen) atoms. The van der Waals surface area contributed by atoms with Crippen molar-refractivity contribution in [2.45, 2.75) is 26.4 Å². The van der Waals surface area contributed by atoms with Crippen LogP contribution in [0.3, 0.4) is 0 Å². The van der Waals surface area contributed by atoms with E-state index in [9.17, 15) is 9.59 Å². The van der Waals surface area contributed by atoms with Gasteiger partial charge in [-0.2, -0.15) is 11.8 Å². The van der Waals surface area contributed by atoms with E-state index in [1.54, 1.807) is 18.7 Å². The fourth-order valence-electron chi connectivity index (χ4n) is 0.885. The van der Waals surface area contributed by atoms with Crippen molar-refractivity contribution in [1.82, 2.24) is 0 Å². The van der Waals surface area contributed by atoms with E-state index in [4.69, 9.17) is 9.47 Å². The lowest BCUT2D eigenvalue weighted by Gasteiger charge is -2.14. The summed E-state index contributed by atoms with van der Waals surface area (Å²) in [5, 5.41) is 0. The van der Waals surface area contributed by atoms with E-state index >= 15 is 0 Å². The van der Waals surface area contributed by atoms with E-state index in [1.165, 1.54) is 6.92 Å². The van der Waals surface area contributed by atoms with E-state index < -0.39 is 18.0 Å². The van der Waals surface area contributed by atoms with Gasteiger partial charge < -0.3 is 9.47 Å². The standard InChI is InChI=1S/C9H16O4S/c1-4-12-9(11)8(5-6-14-3)13-7(2)10/h8H,4-6H2,1-3H3. The van der Waals surface area contributed by atoms with Gasteiger partial charge in [0.25, 0.3) is 0 Å². The van der Waals surface area contributed by atoms with Crippen LogP contribution in [0.4, 0.5) is 0 Å². The van der Waals surface area contributed by atoms with Gasteiger partial charge in [0.2, 0.25) is 0 Å². The van der Waals surface area contributed by atoms with Crippen molar-refractivity contribution in [1.29, 1.82) is 0 Å². The molecular weight excluding hydrogens is 204 g/mol. The Morgan fingerprint density at radius 2 is 2.07 bits per heavy atom. The van der Waals surface area contributed by atoms with Crippen LogP contribution in [-0.4, -0.2) is 36.7 Å². The van der Waals surface area contributed by atoms with Gasteiger partial charge in [-0.3, -0.25) is 4.79 Å². The number of hydrogen-bond donors (Lipinski definition) is 0. The molecule has 0 aliphatic rings. The highest BCUT2D eigenvalue weighted by atomic mass is 32.2. The van der Waals surface area contributed by atoms with E-state index in [0.717, 1.165) is 5.75 Å². The minimum atomic E-state index is -0.750. The van der Waals surface area contributed by atoms with Crippen molar-refractivity contribution >= 4 is 23.7 Å². The average Bonchev–Trinajstić information content (AvgIpc) is 2.12. The highest BCUT2D eigenvalue weighted by Gasteiger charge is 2.21. The number of ether oxygens (including phenoxy) is 2. The first kappa shape index (κ1) is 13.3. The van der Waals surface area contributed by atoms with Crippen molar-refractivity contribution < 1.29 is 19.1 Å². The van der Waals surface area contributed by atoms with Gasteiger partial charge in [-0.1, -0.05) is 0 Å². The van der Waals surface area contributed by atoms with Gasteiger partial charge >= 0.3 is 11.9 Å². The Kier molecular flexibility index (Phi) is 7.28. The van der Waals surface area contributed by atoms with Crippen LogP contribution in [0.1, 0.15) is 20.3 Å². The molecule has 0 N–H and O–H groups in total. The van der Waals surface area contributed by atoms with Crippen molar-refractivity contribution in [3.8, 4) is 0 Å². The maximum absolute atomic E-state index is 11.3. The number of carbonyl (C=O) groups excluding carboxylic acids is 2. The third kappa shape index (κ3) is 5.85. The molecule has 0 rings (SSSR count). The molecule has 1 atom stereocenters. The van der Waals surface area contributed by atoms with Gasteiger partial charge in [0.1, 0.15) is 0 Å². The zero-order chi connectivity index (χ0) is 11.0. The van der Waals surface area contributed by atoms with Crippen LogP contribution in [0.2, 0.25) is 0 Å². The molecule has 0 heterocycles. The molecule has 82 valence electrons. The topological polar surface area (TPSA) is 52.6 Å². The summed E-state index contributed by atoms with van der Waals surface area (Å²) in [6.45, 7) is 3.30. The number of rotatable bonds is 6. The van der Waals surface area contributed by atoms with Gasteiger partial charge in [-0.25, -0.2) is 4.79 Å². The fourth-order valence-corrected chi connectivity index (χ4v) is 1.34. The molecule has 0 saturated heterocycles. The molecule has 0 fully saturated rings. The highest BCUT2D eigenvalue weighted by molar-refractivity contribution is 7.98. The molecule has 0 saturated carbocycles. The molecule has 0 aromatic heterocycles. The maximum Gasteiger partial charge on any atom is 0.347 e. The third-order valence-corrected chi connectivity index (χ3v) is 2.09. The van der Waals surface area contributed by atoms with Crippen molar-refractivity contribution in [2.75, 3.05) is 18.6 Å². The summed E-state index contributed by atoms with van der Waals surface area (Å²) in [6, 6.07) is 0. The Bertz CT molecular complexity index is 193. The third-order valence-electron chi connectivity index (χ3n) is 1.44. The SMILES string of the molecule is CCOC(=O)C(CCSC)OC(C)=O. The normalized spacial score (nSPS) is 11.9. The van der Waals surface area contributed by atoms with E-state index in [-0.39, 0.29) is 0 Å². The van der Waals surface area contributed by atoms with Gasteiger partial charge in [-0.15, -0.1) is 0 Å². The van der Waals surface area contributed by atoms with Crippen LogP contribution in [0, 0.1) is 0 Å². The second kappa shape index (κ2) is 7.67. The van der Waals surface area contributed by atoms with Gasteiger partial charge in [-0.05, 0) is 18.9 Å². The molecule has 0 spiro atoms. The zero-order valence-electron chi connectivity index (χ0n) is 8.74. The van der Waals surface area contributed by atoms with Crippen molar-refractivity contribution in [2.24, 2.45) is 0 Å². The van der Waals surface area contributed by atoms with Crippen molar-refractivity contribution in [3.63, 3.8) is 0 Å². The first-order chi connectivity index (χ1) is 6.61. The van der Waals surface area contributed by atoms with E-state index in [1.807, 2.05) is 6.26 Å². The molecule has 5 heteroatoms. The minimum absolute atomic E-state index is 0.301. The Hall–Kier alpha value is -0.710. The van der Waals surface area contributed by atoms with Crippen LogP contribution in [0.15, 0.2) is 0 Å². The molecule has 1 unspecified atom stereocenters. The molecule has 0 bridgehead atoms. The maximum atomic E-state index is 11.3. The molecule has 0 aromatic carbocycles. The summed E-state index contributed by atoms with van der Waals surface area (Å²) in [7, 11) is 0. The van der Waals surface area contributed by atoms with E-state index in [2.05, 4.69) is 0 Å². The Labute approximate surface area is 88.3 Å². The molecular formula is C9H16O4S. The average molecular weight is 220 g/mol. The lowest BCUT2D eigenvalue weighted by molar-refractivity contribution is -0.166. The second-order valence-electron chi connectivity index (χ2n) is 2.63. The molecule has 0 aliphatic carbocycles. The number of carbonyl (C=O) groups is 2. The van der Waals surface area contributed by atoms with Gasteiger partial charge in [0.05, 0.1) is 6.61 Å². The molecule has 0 amide bonds. The van der Waals surface area contributed by atoms with Crippen LogP contribution in [0.5, 0.6) is 0 Å².